The normalized spacial score (nSPS) is 20.3. The summed E-state index contributed by atoms with van der Waals surface area (Å²) in [5, 5.41) is 54.5. The topological polar surface area (TPSA) is 149 Å². The number of amides is 1. The van der Waals surface area contributed by atoms with Crippen molar-refractivity contribution in [3.63, 3.8) is 0 Å². The van der Waals surface area contributed by atoms with Gasteiger partial charge in [0.2, 0.25) is 5.91 Å². The second-order valence-corrected chi connectivity index (χ2v) is 19.0. The Balaban J connectivity index is 2.27. The molecule has 0 aromatic heterocycles. The number of unbranched alkanes of at least 4 members (excludes halogenated alkanes) is 28. The summed E-state index contributed by atoms with van der Waals surface area (Å²) in [6.07, 6.45) is 55.6. The number of nitrogens with one attached hydrogen (secondary N) is 1. The Labute approximate surface area is 405 Å². The van der Waals surface area contributed by atoms with Crippen LogP contribution in [0, 0.1) is 0 Å². The zero-order valence-electron chi connectivity index (χ0n) is 42.4. The third-order valence-electron chi connectivity index (χ3n) is 12.8. The van der Waals surface area contributed by atoms with Crippen LogP contribution in [-0.2, 0) is 14.3 Å². The molecule has 0 bridgehead atoms. The molecule has 0 aromatic rings. The summed E-state index contributed by atoms with van der Waals surface area (Å²) >= 11 is 0. The number of aliphatic hydroxyl groups excluding tert-OH is 5. The molecule has 66 heavy (non-hydrogen) atoms. The van der Waals surface area contributed by atoms with Gasteiger partial charge < -0.3 is 40.3 Å². The lowest BCUT2D eigenvalue weighted by molar-refractivity contribution is -0.302. The minimum absolute atomic E-state index is 0.185. The molecule has 7 atom stereocenters. The molecule has 1 aliphatic rings. The molecule has 1 rings (SSSR count). The van der Waals surface area contributed by atoms with E-state index in [1.807, 2.05) is 6.08 Å². The highest BCUT2D eigenvalue weighted by Crippen LogP contribution is 2.23. The van der Waals surface area contributed by atoms with E-state index < -0.39 is 49.5 Å². The second kappa shape index (κ2) is 46.6. The third kappa shape index (κ3) is 36.0. The van der Waals surface area contributed by atoms with E-state index >= 15 is 0 Å². The summed E-state index contributed by atoms with van der Waals surface area (Å²) in [4.78, 5) is 13.0. The summed E-state index contributed by atoms with van der Waals surface area (Å²) in [6, 6.07) is -0.812. The van der Waals surface area contributed by atoms with Crippen molar-refractivity contribution in [2.24, 2.45) is 0 Å². The minimum Gasteiger partial charge on any atom is -0.394 e. The largest absolute Gasteiger partial charge is 0.394 e. The molecule has 7 unspecified atom stereocenters. The quantitative estimate of drug-likeness (QED) is 0.0261. The molecule has 1 saturated heterocycles. The van der Waals surface area contributed by atoms with Gasteiger partial charge in [-0.1, -0.05) is 235 Å². The summed E-state index contributed by atoms with van der Waals surface area (Å²) < 4.78 is 11.3. The summed E-state index contributed by atoms with van der Waals surface area (Å²) in [7, 11) is 0. The van der Waals surface area contributed by atoms with Gasteiger partial charge in [0.15, 0.2) is 6.29 Å². The molecule has 0 aromatic carbocycles. The number of allylic oxidation sites excluding steroid dienone is 9. The van der Waals surface area contributed by atoms with E-state index in [0.717, 1.165) is 77.0 Å². The molecule has 9 heteroatoms. The number of carbonyl (C=O) groups is 1. The maximum Gasteiger partial charge on any atom is 0.220 e. The first-order valence-corrected chi connectivity index (χ1v) is 27.5. The summed E-state index contributed by atoms with van der Waals surface area (Å²) in [5.74, 6) is -0.185. The molecule has 1 amide bonds. The van der Waals surface area contributed by atoms with Crippen LogP contribution in [0.2, 0.25) is 0 Å². The van der Waals surface area contributed by atoms with Gasteiger partial charge in [0.1, 0.15) is 24.4 Å². The summed E-state index contributed by atoms with van der Waals surface area (Å²) in [5.41, 5.74) is 0. The molecular weight excluding hydrogens is 827 g/mol. The smallest absolute Gasteiger partial charge is 0.220 e. The Morgan fingerprint density at radius 3 is 1.39 bits per heavy atom. The molecule has 9 nitrogen and oxygen atoms in total. The second-order valence-electron chi connectivity index (χ2n) is 19.0. The number of ether oxygens (including phenoxy) is 2. The van der Waals surface area contributed by atoms with E-state index in [1.54, 1.807) is 6.08 Å². The minimum atomic E-state index is -1.57. The Morgan fingerprint density at radius 1 is 0.530 bits per heavy atom. The molecular formula is C57H103NO8. The molecule has 1 aliphatic heterocycles. The van der Waals surface area contributed by atoms with Gasteiger partial charge >= 0.3 is 0 Å². The molecule has 0 saturated carbocycles. The van der Waals surface area contributed by atoms with Crippen molar-refractivity contribution in [1.82, 2.24) is 5.32 Å². The standard InChI is InChI=1S/C57H103NO8/c1-3-5-7-9-11-13-15-17-19-21-23-25-27-28-30-32-34-36-38-40-42-44-46-51(60)50(49-65-57-56(64)55(63)54(62)52(48-59)66-57)58-53(61)47-45-43-41-39-37-35-33-31-29-26-24-22-20-18-16-14-12-10-8-6-4-2/h6,8,12,14,18,20,24,26,44,46,50-52,54-57,59-60,62-64H,3-5,7,9-11,13,15-17,19,21-23,25,27-43,45,47-49H2,1-2H3,(H,58,61)/b8-6-,14-12-,20-18-,26-24-,46-44+. The van der Waals surface area contributed by atoms with Crippen molar-refractivity contribution < 1.29 is 39.8 Å². The van der Waals surface area contributed by atoms with Crippen molar-refractivity contribution in [2.75, 3.05) is 13.2 Å². The Kier molecular flexibility index (Phi) is 43.7. The fourth-order valence-electron chi connectivity index (χ4n) is 8.50. The Hall–Kier alpha value is -2.11. The van der Waals surface area contributed by atoms with Gasteiger partial charge in [-0.25, -0.2) is 0 Å². The van der Waals surface area contributed by atoms with Crippen LogP contribution in [0.15, 0.2) is 60.8 Å². The van der Waals surface area contributed by atoms with Crippen molar-refractivity contribution in [3.05, 3.63) is 60.8 Å². The van der Waals surface area contributed by atoms with E-state index in [2.05, 4.69) is 67.8 Å². The fraction of sp³-hybridized carbons (Fsp3) is 0.807. The Morgan fingerprint density at radius 2 is 0.939 bits per heavy atom. The average molecular weight is 930 g/mol. The van der Waals surface area contributed by atoms with Gasteiger partial charge in [0.05, 0.1) is 25.4 Å². The van der Waals surface area contributed by atoms with Crippen LogP contribution in [0.4, 0.5) is 0 Å². The lowest BCUT2D eigenvalue weighted by Gasteiger charge is -2.40. The molecule has 384 valence electrons. The van der Waals surface area contributed by atoms with Crippen molar-refractivity contribution in [2.45, 2.75) is 281 Å². The SMILES string of the molecule is CC/C=C\C/C=C\C/C=C\C/C=C\CCCCCCCCCCC(=O)NC(COC1OC(CO)C(O)C(O)C1O)C(O)/C=C/CCCCCCCCCCCCCCCCCCCCCC. The van der Waals surface area contributed by atoms with Crippen LogP contribution < -0.4 is 5.32 Å². The van der Waals surface area contributed by atoms with Crippen molar-refractivity contribution >= 4 is 5.91 Å². The van der Waals surface area contributed by atoms with Crippen LogP contribution in [0.5, 0.6) is 0 Å². The van der Waals surface area contributed by atoms with E-state index in [4.69, 9.17) is 9.47 Å². The highest BCUT2D eigenvalue weighted by Gasteiger charge is 2.44. The number of rotatable bonds is 46. The first kappa shape index (κ1) is 61.9. The van der Waals surface area contributed by atoms with Crippen LogP contribution in [0.1, 0.15) is 239 Å². The van der Waals surface area contributed by atoms with Crippen LogP contribution in [0.25, 0.3) is 0 Å². The van der Waals surface area contributed by atoms with Gasteiger partial charge in [-0.2, -0.15) is 0 Å². The third-order valence-corrected chi connectivity index (χ3v) is 12.8. The van der Waals surface area contributed by atoms with Crippen molar-refractivity contribution in [3.8, 4) is 0 Å². The van der Waals surface area contributed by atoms with Gasteiger partial charge in [-0.05, 0) is 57.8 Å². The maximum absolute atomic E-state index is 13.0. The predicted octanol–water partition coefficient (Wildman–Crippen LogP) is 13.1. The first-order chi connectivity index (χ1) is 32.3. The number of carbonyl (C=O) groups excluding carboxylic acids is 1. The van der Waals surface area contributed by atoms with E-state index in [1.165, 1.54) is 141 Å². The average Bonchev–Trinajstić information content (AvgIpc) is 3.32. The van der Waals surface area contributed by atoms with Gasteiger partial charge in [0, 0.05) is 6.42 Å². The van der Waals surface area contributed by atoms with Crippen LogP contribution in [-0.4, -0.2) is 87.5 Å². The monoisotopic (exact) mass is 930 g/mol. The van der Waals surface area contributed by atoms with Gasteiger partial charge in [-0.3, -0.25) is 4.79 Å². The lowest BCUT2D eigenvalue weighted by Crippen LogP contribution is -2.60. The number of hydrogen-bond acceptors (Lipinski definition) is 8. The molecule has 0 radical (unpaired) electrons. The highest BCUT2D eigenvalue weighted by atomic mass is 16.7. The molecule has 1 fully saturated rings. The van der Waals surface area contributed by atoms with Gasteiger partial charge in [0.25, 0.3) is 0 Å². The van der Waals surface area contributed by atoms with E-state index in [0.29, 0.717) is 6.42 Å². The van der Waals surface area contributed by atoms with Crippen LogP contribution in [0.3, 0.4) is 0 Å². The van der Waals surface area contributed by atoms with Crippen LogP contribution >= 0.6 is 0 Å². The highest BCUT2D eigenvalue weighted by molar-refractivity contribution is 5.76. The first-order valence-electron chi connectivity index (χ1n) is 27.5. The molecule has 0 spiro atoms. The van der Waals surface area contributed by atoms with Gasteiger partial charge in [-0.15, -0.1) is 0 Å². The number of hydrogen-bond donors (Lipinski definition) is 6. The maximum atomic E-state index is 13.0. The van der Waals surface area contributed by atoms with Crippen molar-refractivity contribution in [1.29, 1.82) is 0 Å². The molecule has 0 aliphatic carbocycles. The number of aliphatic hydroxyl groups is 5. The zero-order chi connectivity index (χ0) is 48.0. The fourth-order valence-corrected chi connectivity index (χ4v) is 8.50. The molecule has 1 heterocycles. The summed E-state index contributed by atoms with van der Waals surface area (Å²) in [6.45, 7) is 3.68. The van der Waals surface area contributed by atoms with E-state index in [9.17, 15) is 30.3 Å². The Bertz CT molecular complexity index is 1220. The van der Waals surface area contributed by atoms with E-state index in [-0.39, 0.29) is 12.5 Å². The lowest BCUT2D eigenvalue weighted by atomic mass is 9.99. The predicted molar refractivity (Wildman–Crippen MR) is 276 cm³/mol. The molecule has 6 N–H and O–H groups in total. The zero-order valence-corrected chi connectivity index (χ0v) is 42.4.